The summed E-state index contributed by atoms with van der Waals surface area (Å²) in [4.78, 5) is 16.3. The second-order valence-corrected chi connectivity index (χ2v) is 4.59. The minimum absolute atomic E-state index is 0.0963. The van der Waals surface area contributed by atoms with Gasteiger partial charge in [-0.15, -0.1) is 0 Å². The van der Waals surface area contributed by atoms with Crippen LogP contribution in [0.3, 0.4) is 0 Å². The van der Waals surface area contributed by atoms with Gasteiger partial charge in [0.05, 0.1) is 11.6 Å². The van der Waals surface area contributed by atoms with Gasteiger partial charge in [0.1, 0.15) is 0 Å². The fourth-order valence-corrected chi connectivity index (χ4v) is 2.14. The topological polar surface area (TPSA) is 70.7 Å². The van der Waals surface area contributed by atoms with Crippen molar-refractivity contribution >= 4 is 16.8 Å². The smallest absolute Gasteiger partial charge is 0.272 e. The van der Waals surface area contributed by atoms with Crippen molar-refractivity contribution in [3.05, 3.63) is 60.0 Å². The van der Waals surface area contributed by atoms with Gasteiger partial charge in [-0.25, -0.2) is 0 Å². The molecule has 20 heavy (non-hydrogen) atoms. The molecule has 0 spiro atoms. The second-order valence-electron chi connectivity index (χ2n) is 4.59. The minimum Gasteiger partial charge on any atom is -0.344 e. The first kappa shape index (κ1) is 12.3. The molecule has 100 valence electrons. The molecule has 0 saturated carbocycles. The third kappa shape index (κ3) is 2.25. The van der Waals surface area contributed by atoms with Crippen LogP contribution < -0.4 is 5.32 Å². The van der Waals surface area contributed by atoms with E-state index in [4.69, 9.17) is 0 Å². The number of amides is 1. The zero-order chi connectivity index (χ0) is 13.9. The number of para-hydroxylation sites is 1. The molecule has 0 fully saturated rings. The van der Waals surface area contributed by atoms with E-state index in [1.807, 2.05) is 43.3 Å². The number of hydrogen-bond donors (Lipinski definition) is 2. The van der Waals surface area contributed by atoms with Crippen molar-refractivity contribution in [3.63, 3.8) is 0 Å². The highest BCUT2D eigenvalue weighted by Crippen LogP contribution is 2.17. The van der Waals surface area contributed by atoms with Gasteiger partial charge in [0, 0.05) is 17.8 Å². The number of nitrogens with zero attached hydrogens (tertiary/aromatic N) is 2. The average Bonchev–Trinajstić information content (AvgIpc) is 2.92. The van der Waals surface area contributed by atoms with E-state index >= 15 is 0 Å². The summed E-state index contributed by atoms with van der Waals surface area (Å²) in [6.45, 7) is 1.93. The Balaban J connectivity index is 1.83. The van der Waals surface area contributed by atoms with Crippen LogP contribution in [0, 0.1) is 0 Å². The van der Waals surface area contributed by atoms with Crippen LogP contribution in [-0.4, -0.2) is 21.1 Å². The molecule has 1 aromatic carbocycles. The second kappa shape index (κ2) is 5.13. The molecular weight excluding hydrogens is 252 g/mol. The van der Waals surface area contributed by atoms with E-state index in [9.17, 15) is 4.79 Å². The highest BCUT2D eigenvalue weighted by molar-refractivity contribution is 6.04. The van der Waals surface area contributed by atoms with Crippen LogP contribution in [0.25, 0.3) is 10.9 Å². The van der Waals surface area contributed by atoms with Gasteiger partial charge in [0.15, 0.2) is 5.69 Å². The summed E-state index contributed by atoms with van der Waals surface area (Å²) in [5.74, 6) is -0.188. The van der Waals surface area contributed by atoms with Crippen LogP contribution in [0.2, 0.25) is 0 Å². The SMILES string of the molecule is CC(NC(=O)c1n[nH]c2ccccc12)c1ccncc1. The maximum absolute atomic E-state index is 12.3. The number of carbonyl (C=O) groups is 1. The van der Waals surface area contributed by atoms with E-state index in [0.29, 0.717) is 5.69 Å². The molecular formula is C15H14N4O. The third-order valence-corrected chi connectivity index (χ3v) is 3.24. The highest BCUT2D eigenvalue weighted by atomic mass is 16.2. The van der Waals surface area contributed by atoms with Gasteiger partial charge in [-0.1, -0.05) is 18.2 Å². The molecule has 0 saturated heterocycles. The standard InChI is InChI=1S/C15H14N4O/c1-10(11-6-8-16-9-7-11)17-15(20)14-12-4-2-3-5-13(12)18-19-14/h2-10H,1H3,(H,17,20)(H,18,19). The summed E-state index contributed by atoms with van der Waals surface area (Å²) in [6, 6.07) is 11.2. The molecule has 1 unspecified atom stereocenters. The number of benzene rings is 1. The Labute approximate surface area is 116 Å². The maximum Gasteiger partial charge on any atom is 0.272 e. The molecule has 2 heterocycles. The normalized spacial score (nSPS) is 12.2. The average molecular weight is 266 g/mol. The summed E-state index contributed by atoms with van der Waals surface area (Å²) < 4.78 is 0. The molecule has 0 aliphatic heterocycles. The van der Waals surface area contributed by atoms with Crippen LogP contribution in [0.4, 0.5) is 0 Å². The van der Waals surface area contributed by atoms with Crippen molar-refractivity contribution in [1.29, 1.82) is 0 Å². The fraction of sp³-hybridized carbons (Fsp3) is 0.133. The Morgan fingerprint density at radius 1 is 1.20 bits per heavy atom. The predicted octanol–water partition coefficient (Wildman–Crippen LogP) is 2.45. The number of hydrogen-bond acceptors (Lipinski definition) is 3. The van der Waals surface area contributed by atoms with Crippen molar-refractivity contribution < 1.29 is 4.79 Å². The Kier molecular flexibility index (Phi) is 3.16. The van der Waals surface area contributed by atoms with Gasteiger partial charge < -0.3 is 5.32 Å². The van der Waals surface area contributed by atoms with Gasteiger partial charge in [-0.3, -0.25) is 14.9 Å². The number of pyridine rings is 1. The van der Waals surface area contributed by atoms with Gasteiger partial charge in [0.25, 0.3) is 5.91 Å². The molecule has 1 atom stereocenters. The first-order valence-corrected chi connectivity index (χ1v) is 6.39. The molecule has 5 nitrogen and oxygen atoms in total. The molecule has 2 aromatic heterocycles. The zero-order valence-corrected chi connectivity index (χ0v) is 11.0. The number of aromatic amines is 1. The number of aromatic nitrogens is 3. The Bertz CT molecular complexity index is 736. The Morgan fingerprint density at radius 3 is 2.75 bits per heavy atom. The summed E-state index contributed by atoms with van der Waals surface area (Å²) in [5.41, 5.74) is 2.28. The lowest BCUT2D eigenvalue weighted by molar-refractivity contribution is 0.0936. The molecule has 3 rings (SSSR count). The third-order valence-electron chi connectivity index (χ3n) is 3.24. The van der Waals surface area contributed by atoms with E-state index in [2.05, 4.69) is 20.5 Å². The van der Waals surface area contributed by atoms with E-state index in [1.165, 1.54) is 0 Å². The van der Waals surface area contributed by atoms with Crippen LogP contribution in [0.1, 0.15) is 29.0 Å². The monoisotopic (exact) mass is 266 g/mol. The van der Waals surface area contributed by atoms with E-state index in [-0.39, 0.29) is 11.9 Å². The maximum atomic E-state index is 12.3. The largest absolute Gasteiger partial charge is 0.344 e. The number of rotatable bonds is 3. The molecule has 5 heteroatoms. The minimum atomic E-state index is -0.188. The first-order valence-electron chi connectivity index (χ1n) is 6.39. The van der Waals surface area contributed by atoms with E-state index in [1.54, 1.807) is 12.4 Å². The fourth-order valence-electron chi connectivity index (χ4n) is 2.14. The number of carbonyl (C=O) groups excluding carboxylic acids is 1. The lowest BCUT2D eigenvalue weighted by Crippen LogP contribution is -2.27. The molecule has 0 aliphatic carbocycles. The van der Waals surface area contributed by atoms with Gasteiger partial charge >= 0.3 is 0 Å². The van der Waals surface area contributed by atoms with Crippen molar-refractivity contribution in [2.75, 3.05) is 0 Å². The number of fused-ring (bicyclic) bond motifs is 1. The lowest BCUT2D eigenvalue weighted by Gasteiger charge is -2.13. The number of H-pyrrole nitrogens is 1. The predicted molar refractivity (Wildman–Crippen MR) is 76.2 cm³/mol. The summed E-state index contributed by atoms with van der Waals surface area (Å²) in [6.07, 6.45) is 3.42. The molecule has 2 N–H and O–H groups in total. The van der Waals surface area contributed by atoms with Crippen LogP contribution in [0.5, 0.6) is 0 Å². The van der Waals surface area contributed by atoms with Gasteiger partial charge in [-0.05, 0) is 30.7 Å². The van der Waals surface area contributed by atoms with E-state index in [0.717, 1.165) is 16.5 Å². The van der Waals surface area contributed by atoms with Crippen molar-refractivity contribution in [3.8, 4) is 0 Å². The van der Waals surface area contributed by atoms with Gasteiger partial charge in [0.2, 0.25) is 0 Å². The van der Waals surface area contributed by atoms with Crippen molar-refractivity contribution in [2.24, 2.45) is 0 Å². The van der Waals surface area contributed by atoms with Crippen LogP contribution >= 0.6 is 0 Å². The van der Waals surface area contributed by atoms with Gasteiger partial charge in [-0.2, -0.15) is 5.10 Å². The Morgan fingerprint density at radius 2 is 1.95 bits per heavy atom. The molecule has 1 amide bonds. The summed E-state index contributed by atoms with van der Waals surface area (Å²) >= 11 is 0. The molecule has 3 aromatic rings. The van der Waals surface area contributed by atoms with Crippen LogP contribution in [-0.2, 0) is 0 Å². The lowest BCUT2D eigenvalue weighted by atomic mass is 10.1. The van der Waals surface area contributed by atoms with Crippen molar-refractivity contribution in [1.82, 2.24) is 20.5 Å². The number of nitrogens with one attached hydrogen (secondary N) is 2. The zero-order valence-electron chi connectivity index (χ0n) is 11.0. The quantitative estimate of drug-likeness (QED) is 0.765. The first-order chi connectivity index (χ1) is 9.75. The van der Waals surface area contributed by atoms with Crippen LogP contribution in [0.15, 0.2) is 48.8 Å². The molecule has 0 radical (unpaired) electrons. The summed E-state index contributed by atoms with van der Waals surface area (Å²) in [5, 5.41) is 10.7. The van der Waals surface area contributed by atoms with E-state index < -0.39 is 0 Å². The Hall–Kier alpha value is -2.69. The molecule has 0 bridgehead atoms. The molecule has 0 aliphatic rings. The van der Waals surface area contributed by atoms with Crippen molar-refractivity contribution in [2.45, 2.75) is 13.0 Å². The highest BCUT2D eigenvalue weighted by Gasteiger charge is 2.16. The summed E-state index contributed by atoms with van der Waals surface area (Å²) in [7, 11) is 0.